The van der Waals surface area contributed by atoms with Crippen molar-refractivity contribution >= 4 is 11.9 Å². The van der Waals surface area contributed by atoms with Crippen LogP contribution >= 0.6 is 0 Å². The maximum absolute atomic E-state index is 11.9. The van der Waals surface area contributed by atoms with Crippen molar-refractivity contribution in [2.24, 2.45) is 5.41 Å². The number of hydrogen-bond donors (Lipinski definition) is 2. The molecule has 0 radical (unpaired) electrons. The summed E-state index contributed by atoms with van der Waals surface area (Å²) in [5.74, 6) is -0.727. The molecule has 3 N–H and O–H groups in total. The fourth-order valence-electron chi connectivity index (χ4n) is 3.85. The molecule has 0 spiro atoms. The first-order valence-electron chi connectivity index (χ1n) is 6.02. The van der Waals surface area contributed by atoms with Gasteiger partial charge in [0.2, 0.25) is 5.95 Å². The van der Waals surface area contributed by atoms with Crippen LogP contribution in [-0.4, -0.2) is 26.3 Å². The zero-order valence-electron chi connectivity index (χ0n) is 10.7. The van der Waals surface area contributed by atoms with E-state index < -0.39 is 16.8 Å². The Kier molecular flexibility index (Phi) is 1.78. The first-order chi connectivity index (χ1) is 8.27. The molecular formula is C12H16N4O2. The molecule has 0 saturated heterocycles. The summed E-state index contributed by atoms with van der Waals surface area (Å²) in [6.45, 7) is 6.01. The van der Waals surface area contributed by atoms with Gasteiger partial charge in [-0.1, -0.05) is 20.8 Å². The minimum Gasteiger partial charge on any atom is -0.481 e. The van der Waals surface area contributed by atoms with Crippen molar-refractivity contribution in [1.29, 1.82) is 0 Å². The van der Waals surface area contributed by atoms with E-state index in [-0.39, 0.29) is 11.4 Å². The van der Waals surface area contributed by atoms with Gasteiger partial charge in [0.05, 0.1) is 5.69 Å². The van der Waals surface area contributed by atoms with Crippen molar-refractivity contribution in [2.75, 3.05) is 5.73 Å². The van der Waals surface area contributed by atoms with E-state index in [2.05, 4.69) is 22.1 Å². The van der Waals surface area contributed by atoms with Gasteiger partial charge in [-0.3, -0.25) is 4.79 Å². The van der Waals surface area contributed by atoms with Crippen LogP contribution in [0.25, 0.3) is 0 Å². The third-order valence-corrected chi connectivity index (χ3v) is 5.44. The van der Waals surface area contributed by atoms with Gasteiger partial charge in [-0.05, 0) is 18.3 Å². The first-order valence-corrected chi connectivity index (χ1v) is 6.02. The molecule has 1 fully saturated rings. The Morgan fingerprint density at radius 3 is 2.50 bits per heavy atom. The number of nitrogens with zero attached hydrogens (tertiary/aromatic N) is 3. The second kappa shape index (κ2) is 2.81. The van der Waals surface area contributed by atoms with E-state index in [1.165, 1.54) is 0 Å². The molecule has 2 atom stereocenters. The molecule has 1 aromatic rings. The Balaban J connectivity index is 2.40. The Morgan fingerprint density at radius 2 is 1.89 bits per heavy atom. The maximum Gasteiger partial charge on any atom is 0.316 e. The fraction of sp³-hybridized carbons (Fsp3) is 0.667. The molecule has 2 aliphatic carbocycles. The van der Waals surface area contributed by atoms with Gasteiger partial charge >= 0.3 is 5.97 Å². The van der Waals surface area contributed by atoms with Gasteiger partial charge in [0.1, 0.15) is 11.1 Å². The molecule has 18 heavy (non-hydrogen) atoms. The Bertz CT molecular complexity index is 571. The molecule has 1 saturated carbocycles. The SMILES string of the molecule is CC1(C)[C@@]2(C)CC[C@]1(C(=O)O)c1nnc(N)nc12. The summed E-state index contributed by atoms with van der Waals surface area (Å²) in [7, 11) is 0. The highest BCUT2D eigenvalue weighted by molar-refractivity contribution is 5.86. The Labute approximate surface area is 105 Å². The molecule has 2 aliphatic rings. The highest BCUT2D eigenvalue weighted by Gasteiger charge is 2.73. The Hall–Kier alpha value is -1.72. The zero-order valence-corrected chi connectivity index (χ0v) is 10.7. The molecule has 0 amide bonds. The summed E-state index contributed by atoms with van der Waals surface area (Å²) >= 11 is 0. The summed E-state index contributed by atoms with van der Waals surface area (Å²) in [4.78, 5) is 16.1. The van der Waals surface area contributed by atoms with Crippen molar-refractivity contribution in [1.82, 2.24) is 15.2 Å². The average molecular weight is 248 g/mol. The third-order valence-electron chi connectivity index (χ3n) is 5.44. The van der Waals surface area contributed by atoms with Crippen LogP contribution in [-0.2, 0) is 15.6 Å². The van der Waals surface area contributed by atoms with Crippen LogP contribution in [0.15, 0.2) is 0 Å². The number of carboxylic acids is 1. The lowest BCUT2D eigenvalue weighted by Gasteiger charge is -2.37. The third kappa shape index (κ3) is 0.855. The molecule has 6 heteroatoms. The van der Waals surface area contributed by atoms with E-state index in [1.54, 1.807) is 0 Å². The Morgan fingerprint density at radius 1 is 1.22 bits per heavy atom. The molecular weight excluding hydrogens is 232 g/mol. The molecule has 1 heterocycles. The number of hydrogen-bond acceptors (Lipinski definition) is 5. The van der Waals surface area contributed by atoms with E-state index in [9.17, 15) is 9.90 Å². The van der Waals surface area contributed by atoms with Crippen molar-refractivity contribution in [2.45, 2.75) is 44.4 Å². The van der Waals surface area contributed by atoms with Crippen molar-refractivity contribution in [3.8, 4) is 0 Å². The van der Waals surface area contributed by atoms with E-state index in [0.29, 0.717) is 17.8 Å². The number of nitrogens with two attached hydrogens (primary N) is 1. The second-order valence-corrected chi connectivity index (χ2v) is 6.03. The van der Waals surface area contributed by atoms with E-state index in [0.717, 1.165) is 6.42 Å². The number of anilines is 1. The van der Waals surface area contributed by atoms with Crippen LogP contribution in [0.1, 0.15) is 45.0 Å². The number of fused-ring (bicyclic) bond motifs is 5. The largest absolute Gasteiger partial charge is 0.481 e. The van der Waals surface area contributed by atoms with Crippen LogP contribution in [0.2, 0.25) is 0 Å². The van der Waals surface area contributed by atoms with Gasteiger partial charge in [-0.25, -0.2) is 4.98 Å². The van der Waals surface area contributed by atoms with Crippen LogP contribution < -0.4 is 5.73 Å². The van der Waals surface area contributed by atoms with Crippen molar-refractivity contribution < 1.29 is 9.90 Å². The lowest BCUT2D eigenvalue weighted by atomic mass is 9.64. The van der Waals surface area contributed by atoms with Crippen LogP contribution in [0, 0.1) is 5.41 Å². The van der Waals surface area contributed by atoms with Crippen LogP contribution in [0.5, 0.6) is 0 Å². The number of rotatable bonds is 1. The highest BCUT2D eigenvalue weighted by Crippen LogP contribution is 2.69. The van der Waals surface area contributed by atoms with E-state index >= 15 is 0 Å². The number of nitrogen functional groups attached to an aromatic ring is 1. The average Bonchev–Trinajstić information content (AvgIpc) is 2.57. The minimum atomic E-state index is -0.981. The molecule has 0 aromatic carbocycles. The predicted molar refractivity (Wildman–Crippen MR) is 63.9 cm³/mol. The monoisotopic (exact) mass is 248 g/mol. The number of carbonyl (C=O) groups is 1. The molecule has 3 rings (SSSR count). The van der Waals surface area contributed by atoms with E-state index in [1.807, 2.05) is 13.8 Å². The maximum atomic E-state index is 11.9. The molecule has 0 unspecified atom stereocenters. The second-order valence-electron chi connectivity index (χ2n) is 6.03. The number of carboxylic acid groups (broad SMARTS) is 1. The number of aliphatic carboxylic acids is 1. The molecule has 96 valence electrons. The van der Waals surface area contributed by atoms with Gasteiger partial charge in [0.15, 0.2) is 0 Å². The van der Waals surface area contributed by atoms with Gasteiger partial charge < -0.3 is 10.8 Å². The zero-order chi connectivity index (χ0) is 13.3. The van der Waals surface area contributed by atoms with Crippen LogP contribution in [0.3, 0.4) is 0 Å². The summed E-state index contributed by atoms with van der Waals surface area (Å²) in [5.41, 5.74) is 5.09. The quantitative estimate of drug-likeness (QED) is 0.764. The fourth-order valence-corrected chi connectivity index (χ4v) is 3.85. The molecule has 6 nitrogen and oxygen atoms in total. The topological polar surface area (TPSA) is 102 Å². The van der Waals surface area contributed by atoms with Gasteiger partial charge in [0, 0.05) is 5.41 Å². The summed E-state index contributed by atoms with van der Waals surface area (Å²) < 4.78 is 0. The standard InChI is InChI=1S/C12H16N4O2/c1-10(2)11(3)4-5-12(10,8(17)18)7-6(11)14-9(13)16-15-7/h4-5H2,1-3H3,(H,17,18)(H2,13,14,16)/t11-,12+/m0/s1. The van der Waals surface area contributed by atoms with Gasteiger partial charge in [-0.2, -0.15) is 0 Å². The lowest BCUT2D eigenvalue weighted by molar-refractivity contribution is -0.148. The van der Waals surface area contributed by atoms with Gasteiger partial charge in [0.25, 0.3) is 0 Å². The number of aromatic nitrogens is 3. The summed E-state index contributed by atoms with van der Waals surface area (Å²) in [6, 6.07) is 0. The van der Waals surface area contributed by atoms with Gasteiger partial charge in [-0.15, -0.1) is 10.2 Å². The predicted octanol–water partition coefficient (Wildman–Crippen LogP) is 0.867. The summed E-state index contributed by atoms with van der Waals surface area (Å²) in [6.07, 6.45) is 1.37. The molecule has 0 aliphatic heterocycles. The lowest BCUT2D eigenvalue weighted by Crippen LogP contribution is -2.45. The molecule has 2 bridgehead atoms. The first kappa shape index (κ1) is 11.4. The van der Waals surface area contributed by atoms with Crippen molar-refractivity contribution in [3.63, 3.8) is 0 Å². The summed E-state index contributed by atoms with van der Waals surface area (Å²) in [5, 5.41) is 17.5. The highest BCUT2D eigenvalue weighted by atomic mass is 16.4. The van der Waals surface area contributed by atoms with Crippen LogP contribution in [0.4, 0.5) is 5.95 Å². The normalized spacial score (nSPS) is 35.5. The minimum absolute atomic E-state index is 0.110. The van der Waals surface area contributed by atoms with E-state index in [4.69, 9.17) is 5.73 Å². The smallest absolute Gasteiger partial charge is 0.316 e. The molecule has 1 aromatic heterocycles. The van der Waals surface area contributed by atoms with Crippen molar-refractivity contribution in [3.05, 3.63) is 11.4 Å².